The Hall–Kier alpha value is -6.34. The van der Waals surface area contributed by atoms with Gasteiger partial charge in [-0.25, -0.2) is 19.0 Å². The molecule has 10 rings (SSSR count). The van der Waals surface area contributed by atoms with E-state index in [2.05, 4.69) is 40.6 Å². The lowest BCUT2D eigenvalue weighted by molar-refractivity contribution is 0.0446. The van der Waals surface area contributed by atoms with Gasteiger partial charge in [0.15, 0.2) is 11.3 Å². The molecule has 4 aromatic heterocycles. The SMILES string of the molecule is C[C@@]1(CO)Cc2cc(NC(=O)c3cnn4cccnc34)c(N3CCC[C@H](O)CC3)cc2O1.C[C@]1(CO)Cc2cc(NC(=O)c3cnn4cccnc34)c(N3CCC[C@H](O)CC3)cc2O1. The number of rotatable bonds is 8. The molecular formula is C46H54N10O8. The maximum Gasteiger partial charge on any atom is 0.261 e. The molecular weight excluding hydrogens is 821 g/mol. The van der Waals surface area contributed by atoms with Crippen molar-refractivity contribution >= 4 is 45.9 Å². The molecule has 6 aromatic rings. The Balaban J connectivity index is 0.000000162. The standard InChI is InChI=1S/2C23H27N5O4/c2*1-23(14-29)12-15-10-18(26-22(31)17-13-25-28-8-3-6-24-21(17)28)19(11-20(15)32-23)27-7-2-4-16(30)5-9-27/h2*3,6,8,10-11,13,16,29-30H,2,4-5,7,9,12,14H2,1H3,(H,26,31)/t16-,23+;16-,23-/m00/s1. The summed E-state index contributed by atoms with van der Waals surface area (Å²) >= 11 is 0. The van der Waals surface area contributed by atoms with Crippen molar-refractivity contribution in [2.24, 2.45) is 0 Å². The van der Waals surface area contributed by atoms with Crippen LogP contribution < -0.4 is 29.9 Å². The van der Waals surface area contributed by atoms with Crippen LogP contribution in [0.15, 0.2) is 73.6 Å². The molecule has 4 aliphatic heterocycles. The summed E-state index contributed by atoms with van der Waals surface area (Å²) in [6.07, 6.45) is 14.8. The van der Waals surface area contributed by atoms with Gasteiger partial charge in [-0.05, 0) is 76.6 Å². The summed E-state index contributed by atoms with van der Waals surface area (Å²) in [4.78, 5) is 39.3. The highest BCUT2D eigenvalue weighted by Crippen LogP contribution is 2.44. The maximum atomic E-state index is 13.2. The number of nitrogens with zero attached hydrogens (tertiary/aromatic N) is 8. The van der Waals surface area contributed by atoms with Crippen molar-refractivity contribution in [2.75, 3.05) is 59.8 Å². The van der Waals surface area contributed by atoms with Gasteiger partial charge < -0.3 is 50.3 Å². The molecule has 336 valence electrons. The number of carbonyl (C=O) groups excluding carboxylic acids is 2. The highest BCUT2D eigenvalue weighted by Gasteiger charge is 2.37. The fraction of sp³-hybridized carbons (Fsp3) is 0.435. The second kappa shape index (κ2) is 17.7. The van der Waals surface area contributed by atoms with E-state index >= 15 is 0 Å². The quantitative estimate of drug-likeness (QED) is 0.127. The third kappa shape index (κ3) is 8.78. The highest BCUT2D eigenvalue weighted by atomic mass is 16.5. The second-order valence-electron chi connectivity index (χ2n) is 17.7. The summed E-state index contributed by atoms with van der Waals surface area (Å²) in [6.45, 7) is 6.46. The van der Waals surface area contributed by atoms with Crippen LogP contribution in [0.25, 0.3) is 11.3 Å². The van der Waals surface area contributed by atoms with Gasteiger partial charge in [0.05, 0.1) is 60.6 Å². The number of carbonyl (C=O) groups is 2. The zero-order chi connectivity index (χ0) is 44.6. The van der Waals surface area contributed by atoms with E-state index in [1.54, 1.807) is 46.0 Å². The monoisotopic (exact) mass is 874 g/mol. The first-order chi connectivity index (χ1) is 30.9. The Kier molecular flexibility index (Phi) is 11.9. The van der Waals surface area contributed by atoms with Crippen LogP contribution in [0.4, 0.5) is 22.7 Å². The van der Waals surface area contributed by atoms with Crippen LogP contribution in [0.5, 0.6) is 11.5 Å². The first-order valence-electron chi connectivity index (χ1n) is 21.9. The molecule has 2 aromatic carbocycles. The van der Waals surface area contributed by atoms with Gasteiger partial charge in [0.2, 0.25) is 0 Å². The molecule has 18 heteroatoms. The van der Waals surface area contributed by atoms with E-state index in [9.17, 15) is 30.0 Å². The maximum absolute atomic E-state index is 13.2. The van der Waals surface area contributed by atoms with E-state index in [1.807, 2.05) is 38.1 Å². The Morgan fingerprint density at radius 1 is 0.672 bits per heavy atom. The van der Waals surface area contributed by atoms with Gasteiger partial charge in [0.1, 0.15) is 33.8 Å². The lowest BCUT2D eigenvalue weighted by Gasteiger charge is -2.26. The average Bonchev–Trinajstić information content (AvgIpc) is 4.01. The minimum atomic E-state index is -0.677. The van der Waals surface area contributed by atoms with E-state index in [0.29, 0.717) is 72.6 Å². The second-order valence-corrected chi connectivity index (χ2v) is 17.7. The summed E-state index contributed by atoms with van der Waals surface area (Å²) in [5.41, 5.74) is 5.31. The molecule has 64 heavy (non-hydrogen) atoms. The molecule has 18 nitrogen and oxygen atoms in total. The van der Waals surface area contributed by atoms with Crippen molar-refractivity contribution in [3.05, 3.63) is 95.8 Å². The van der Waals surface area contributed by atoms with Gasteiger partial charge >= 0.3 is 0 Å². The predicted molar refractivity (Wildman–Crippen MR) is 239 cm³/mol. The Bertz CT molecular complexity index is 2510. The van der Waals surface area contributed by atoms with Gasteiger partial charge in [-0.2, -0.15) is 10.2 Å². The van der Waals surface area contributed by atoms with E-state index in [0.717, 1.165) is 72.8 Å². The van der Waals surface area contributed by atoms with Crippen LogP contribution in [0, 0.1) is 0 Å². The fourth-order valence-corrected chi connectivity index (χ4v) is 9.00. The molecule has 8 heterocycles. The highest BCUT2D eigenvalue weighted by molar-refractivity contribution is 6.10. The van der Waals surface area contributed by atoms with E-state index in [4.69, 9.17) is 9.47 Å². The molecule has 0 aliphatic carbocycles. The number of aliphatic hydroxyl groups excluding tert-OH is 4. The molecule has 0 bridgehead atoms. The van der Waals surface area contributed by atoms with Crippen LogP contribution in [-0.4, -0.2) is 124 Å². The lowest BCUT2D eigenvalue weighted by Crippen LogP contribution is -2.34. The third-order valence-electron chi connectivity index (χ3n) is 12.5. The normalized spacial score (nSPS) is 23.0. The predicted octanol–water partition coefficient (Wildman–Crippen LogP) is 4.04. The van der Waals surface area contributed by atoms with Gasteiger partial charge in [-0.1, -0.05) is 0 Å². The zero-order valence-electron chi connectivity index (χ0n) is 36.0. The number of nitrogens with one attached hydrogen (secondary N) is 2. The summed E-state index contributed by atoms with van der Waals surface area (Å²) in [6, 6.07) is 11.3. The number of hydrogen-bond donors (Lipinski definition) is 6. The minimum absolute atomic E-state index is 0.0946. The first kappa shape index (κ1) is 42.9. The zero-order valence-corrected chi connectivity index (χ0v) is 36.0. The first-order valence-corrected chi connectivity index (χ1v) is 21.9. The molecule has 0 spiro atoms. The largest absolute Gasteiger partial charge is 0.484 e. The van der Waals surface area contributed by atoms with Crippen molar-refractivity contribution < 1.29 is 39.5 Å². The van der Waals surface area contributed by atoms with Crippen molar-refractivity contribution in [1.29, 1.82) is 0 Å². The molecule has 0 unspecified atom stereocenters. The topological polar surface area (TPSA) is 224 Å². The lowest BCUT2D eigenvalue weighted by atomic mass is 9.99. The van der Waals surface area contributed by atoms with E-state index in [-0.39, 0.29) is 37.2 Å². The summed E-state index contributed by atoms with van der Waals surface area (Å²) in [7, 11) is 0. The fourth-order valence-electron chi connectivity index (χ4n) is 9.00. The number of benzene rings is 2. The van der Waals surface area contributed by atoms with Crippen LogP contribution in [0.2, 0.25) is 0 Å². The number of amides is 2. The van der Waals surface area contributed by atoms with Gasteiger partial charge in [0, 0.05) is 87.1 Å². The molecule has 2 amide bonds. The number of aromatic nitrogens is 6. The summed E-state index contributed by atoms with van der Waals surface area (Å²) in [5, 5.41) is 54.2. The minimum Gasteiger partial charge on any atom is -0.484 e. The number of ether oxygens (including phenoxy) is 2. The molecule has 0 saturated carbocycles. The molecule has 4 aliphatic rings. The molecule has 2 fully saturated rings. The third-order valence-corrected chi connectivity index (χ3v) is 12.5. The molecule has 0 radical (unpaired) electrons. The number of fused-ring (bicyclic) bond motifs is 4. The van der Waals surface area contributed by atoms with Gasteiger partial charge in [-0.3, -0.25) is 9.59 Å². The van der Waals surface area contributed by atoms with Crippen LogP contribution in [-0.2, 0) is 12.8 Å². The van der Waals surface area contributed by atoms with Gasteiger partial charge in [-0.15, -0.1) is 0 Å². The van der Waals surface area contributed by atoms with E-state index in [1.165, 1.54) is 12.4 Å². The Morgan fingerprint density at radius 2 is 1.11 bits per heavy atom. The summed E-state index contributed by atoms with van der Waals surface area (Å²) in [5.74, 6) is 0.853. The van der Waals surface area contributed by atoms with Crippen LogP contribution in [0.1, 0.15) is 84.2 Å². The number of anilines is 4. The average molecular weight is 875 g/mol. The molecule has 6 N–H and O–H groups in total. The van der Waals surface area contributed by atoms with E-state index < -0.39 is 11.2 Å². The number of aliphatic hydroxyl groups is 4. The Morgan fingerprint density at radius 3 is 1.53 bits per heavy atom. The number of hydrogen-bond acceptors (Lipinski definition) is 14. The smallest absolute Gasteiger partial charge is 0.261 e. The van der Waals surface area contributed by atoms with Crippen molar-refractivity contribution in [1.82, 2.24) is 29.2 Å². The van der Waals surface area contributed by atoms with Crippen molar-refractivity contribution in [2.45, 2.75) is 88.6 Å². The van der Waals surface area contributed by atoms with Crippen molar-refractivity contribution in [3.63, 3.8) is 0 Å². The van der Waals surface area contributed by atoms with Gasteiger partial charge in [0.25, 0.3) is 11.8 Å². The van der Waals surface area contributed by atoms with Crippen LogP contribution >= 0.6 is 0 Å². The summed E-state index contributed by atoms with van der Waals surface area (Å²) < 4.78 is 15.2. The Labute approximate surface area is 369 Å². The molecule has 4 atom stereocenters. The van der Waals surface area contributed by atoms with Crippen molar-refractivity contribution in [3.8, 4) is 11.5 Å². The molecule has 2 saturated heterocycles. The van der Waals surface area contributed by atoms with Crippen LogP contribution in [0.3, 0.4) is 0 Å².